The number of nitrogens with zero attached hydrogens (tertiary/aromatic N) is 2. The summed E-state index contributed by atoms with van der Waals surface area (Å²) in [5.41, 5.74) is 4.42. The summed E-state index contributed by atoms with van der Waals surface area (Å²) < 4.78 is 0.932. The van der Waals surface area contributed by atoms with Crippen molar-refractivity contribution in [3.05, 3.63) is 98.2 Å². The Kier molecular flexibility index (Phi) is 5.47. The van der Waals surface area contributed by atoms with E-state index < -0.39 is 0 Å². The van der Waals surface area contributed by atoms with Crippen LogP contribution in [0.5, 0.6) is 0 Å². The van der Waals surface area contributed by atoms with Gasteiger partial charge in [-0.3, -0.25) is 9.59 Å². The van der Waals surface area contributed by atoms with Gasteiger partial charge >= 0.3 is 0 Å². The summed E-state index contributed by atoms with van der Waals surface area (Å²) in [6, 6.07) is 21.8. The molecule has 29 heavy (non-hydrogen) atoms. The van der Waals surface area contributed by atoms with E-state index in [2.05, 4.69) is 26.5 Å². The summed E-state index contributed by atoms with van der Waals surface area (Å²) in [5, 5.41) is 6.20. The molecular weight excluding hydrogens is 454 g/mol. The van der Waals surface area contributed by atoms with E-state index in [1.807, 2.05) is 48.5 Å². The third-order valence-electron chi connectivity index (χ3n) is 4.43. The number of carbonyl (C=O) groups is 1. The lowest BCUT2D eigenvalue weighted by Gasteiger charge is -2.12. The molecule has 0 aliphatic rings. The van der Waals surface area contributed by atoms with Crippen LogP contribution >= 0.6 is 27.5 Å². The zero-order valence-electron chi connectivity index (χ0n) is 15.1. The van der Waals surface area contributed by atoms with Gasteiger partial charge in [0, 0.05) is 20.4 Å². The number of halogens is 2. The molecule has 5 nitrogen and oxygen atoms in total. The van der Waals surface area contributed by atoms with Crippen LogP contribution < -0.4 is 11.0 Å². The van der Waals surface area contributed by atoms with Gasteiger partial charge in [-0.1, -0.05) is 70.0 Å². The first-order chi connectivity index (χ1) is 14.0. The summed E-state index contributed by atoms with van der Waals surface area (Å²) in [7, 11) is 0. The maximum Gasteiger partial charge on any atom is 0.294 e. The smallest absolute Gasteiger partial charge is 0.273 e. The molecule has 1 aromatic heterocycles. The Labute approximate surface area is 180 Å². The Morgan fingerprint density at radius 2 is 1.62 bits per heavy atom. The first-order valence-corrected chi connectivity index (χ1v) is 10.0. The fourth-order valence-corrected chi connectivity index (χ4v) is 3.42. The number of hydrogen-bond donors (Lipinski definition) is 1. The molecule has 0 atom stereocenters. The third kappa shape index (κ3) is 4.23. The predicted octanol–water partition coefficient (Wildman–Crippen LogP) is 4.79. The lowest BCUT2D eigenvalue weighted by Crippen LogP contribution is -2.36. The van der Waals surface area contributed by atoms with Crippen molar-refractivity contribution < 1.29 is 4.79 Å². The van der Waals surface area contributed by atoms with E-state index in [1.54, 1.807) is 24.3 Å². The van der Waals surface area contributed by atoms with Crippen LogP contribution in [-0.4, -0.2) is 15.8 Å². The highest BCUT2D eigenvalue weighted by molar-refractivity contribution is 9.10. The summed E-state index contributed by atoms with van der Waals surface area (Å²) in [4.78, 5) is 26.4. The van der Waals surface area contributed by atoms with E-state index in [0.29, 0.717) is 21.5 Å². The molecule has 144 valence electrons. The van der Waals surface area contributed by atoms with Crippen LogP contribution in [0, 0.1) is 0 Å². The number of fused-ring (bicyclic) bond motifs is 1. The van der Waals surface area contributed by atoms with Gasteiger partial charge in [-0.05, 0) is 35.9 Å². The molecule has 1 N–H and O–H groups in total. The van der Waals surface area contributed by atoms with Gasteiger partial charge in [0.15, 0.2) is 0 Å². The molecule has 0 radical (unpaired) electrons. The first-order valence-electron chi connectivity index (χ1n) is 8.83. The Bertz CT molecular complexity index is 1250. The average molecular weight is 469 g/mol. The molecule has 0 aliphatic carbocycles. The minimum absolute atomic E-state index is 0.129. The second-order valence-electron chi connectivity index (χ2n) is 6.46. The Morgan fingerprint density at radius 1 is 0.966 bits per heavy atom. The van der Waals surface area contributed by atoms with E-state index in [4.69, 9.17) is 11.6 Å². The van der Waals surface area contributed by atoms with Gasteiger partial charge in [-0.25, -0.2) is 5.43 Å². The van der Waals surface area contributed by atoms with Gasteiger partial charge in [0.25, 0.3) is 5.56 Å². The van der Waals surface area contributed by atoms with E-state index in [-0.39, 0.29) is 17.9 Å². The molecule has 0 bridgehead atoms. The normalized spacial score (nSPS) is 10.8. The van der Waals surface area contributed by atoms with Crippen LogP contribution in [0.3, 0.4) is 0 Å². The summed E-state index contributed by atoms with van der Waals surface area (Å²) in [6.07, 6.45) is 0.129. The fraction of sp³-hybridized carbons (Fsp3) is 0.0455. The SMILES string of the molecule is O=C(Cc1ccc(Br)cc1)Nn1nc(-c2ccc(Cl)cc2)c2ccccc2c1=O. The number of amides is 1. The molecule has 0 fully saturated rings. The van der Waals surface area contributed by atoms with Crippen molar-refractivity contribution in [3.8, 4) is 11.3 Å². The average Bonchev–Trinajstić information content (AvgIpc) is 2.73. The second-order valence-corrected chi connectivity index (χ2v) is 7.81. The van der Waals surface area contributed by atoms with Gasteiger partial charge in [0.05, 0.1) is 11.8 Å². The highest BCUT2D eigenvalue weighted by Gasteiger charge is 2.14. The predicted molar refractivity (Wildman–Crippen MR) is 119 cm³/mol. The summed E-state index contributed by atoms with van der Waals surface area (Å²) >= 11 is 9.36. The molecule has 7 heteroatoms. The van der Waals surface area contributed by atoms with Gasteiger partial charge in [-0.15, -0.1) is 9.89 Å². The molecular formula is C22H15BrClN3O2. The van der Waals surface area contributed by atoms with Crippen molar-refractivity contribution >= 4 is 44.2 Å². The van der Waals surface area contributed by atoms with Crippen LogP contribution in [0.2, 0.25) is 5.02 Å². The maximum absolute atomic E-state index is 12.9. The zero-order chi connectivity index (χ0) is 20.4. The summed E-state index contributed by atoms with van der Waals surface area (Å²) in [5.74, 6) is -0.334. The van der Waals surface area contributed by atoms with E-state index in [0.717, 1.165) is 20.4 Å². The van der Waals surface area contributed by atoms with Gasteiger partial charge in [0.1, 0.15) is 5.69 Å². The van der Waals surface area contributed by atoms with Crippen LogP contribution in [0.15, 0.2) is 82.1 Å². The van der Waals surface area contributed by atoms with Crippen molar-refractivity contribution in [2.24, 2.45) is 0 Å². The molecule has 4 rings (SSSR count). The number of hydrogen-bond acceptors (Lipinski definition) is 3. The Morgan fingerprint density at radius 3 is 2.31 bits per heavy atom. The first kappa shape index (κ1) is 19.4. The van der Waals surface area contributed by atoms with Crippen molar-refractivity contribution in [1.29, 1.82) is 0 Å². The topological polar surface area (TPSA) is 64.0 Å². The monoisotopic (exact) mass is 467 g/mol. The van der Waals surface area contributed by atoms with Crippen molar-refractivity contribution in [1.82, 2.24) is 9.89 Å². The lowest BCUT2D eigenvalue weighted by molar-refractivity contribution is -0.116. The van der Waals surface area contributed by atoms with E-state index in [9.17, 15) is 9.59 Å². The molecule has 3 aromatic carbocycles. The minimum Gasteiger partial charge on any atom is -0.273 e. The fourth-order valence-electron chi connectivity index (χ4n) is 3.03. The molecule has 0 saturated carbocycles. The van der Waals surface area contributed by atoms with Crippen molar-refractivity contribution in [3.63, 3.8) is 0 Å². The van der Waals surface area contributed by atoms with Gasteiger partial charge < -0.3 is 0 Å². The third-order valence-corrected chi connectivity index (χ3v) is 5.21. The molecule has 0 aliphatic heterocycles. The molecule has 1 amide bonds. The highest BCUT2D eigenvalue weighted by atomic mass is 79.9. The maximum atomic E-state index is 12.9. The quantitative estimate of drug-likeness (QED) is 0.468. The molecule has 0 spiro atoms. The number of aromatic nitrogens is 2. The summed E-state index contributed by atoms with van der Waals surface area (Å²) in [6.45, 7) is 0. The van der Waals surface area contributed by atoms with Gasteiger partial charge in [-0.2, -0.15) is 0 Å². The molecule has 4 aromatic rings. The lowest BCUT2D eigenvalue weighted by atomic mass is 10.1. The van der Waals surface area contributed by atoms with Crippen LogP contribution in [-0.2, 0) is 11.2 Å². The Hall–Kier alpha value is -2.96. The number of carbonyl (C=O) groups excluding carboxylic acids is 1. The number of rotatable bonds is 4. The van der Waals surface area contributed by atoms with Crippen LogP contribution in [0.1, 0.15) is 5.56 Å². The minimum atomic E-state index is -0.387. The van der Waals surface area contributed by atoms with E-state index in [1.165, 1.54) is 0 Å². The number of nitrogens with one attached hydrogen (secondary N) is 1. The molecule has 0 saturated heterocycles. The zero-order valence-corrected chi connectivity index (χ0v) is 17.4. The van der Waals surface area contributed by atoms with E-state index >= 15 is 0 Å². The van der Waals surface area contributed by atoms with Gasteiger partial charge in [0.2, 0.25) is 5.91 Å². The van der Waals surface area contributed by atoms with Crippen LogP contribution in [0.4, 0.5) is 0 Å². The molecule has 0 unspecified atom stereocenters. The number of benzene rings is 3. The second kappa shape index (κ2) is 8.19. The van der Waals surface area contributed by atoms with Crippen molar-refractivity contribution in [2.45, 2.75) is 6.42 Å². The standard InChI is InChI=1S/C22H15BrClN3O2/c23-16-9-5-14(6-10-16)13-20(28)25-27-22(29)19-4-2-1-3-18(19)21(26-27)15-7-11-17(24)12-8-15/h1-12H,13H2,(H,25,28). The Balaban J connectivity index is 1.73. The van der Waals surface area contributed by atoms with Crippen LogP contribution in [0.25, 0.3) is 22.0 Å². The largest absolute Gasteiger partial charge is 0.294 e. The highest BCUT2D eigenvalue weighted by Crippen LogP contribution is 2.25. The molecule has 1 heterocycles. The van der Waals surface area contributed by atoms with Crippen molar-refractivity contribution in [2.75, 3.05) is 5.43 Å².